The van der Waals surface area contributed by atoms with Gasteiger partial charge in [-0.2, -0.15) is 0 Å². The Labute approximate surface area is 417 Å². The molecule has 0 spiro atoms. The summed E-state index contributed by atoms with van der Waals surface area (Å²) >= 11 is 30.0. The van der Waals surface area contributed by atoms with E-state index in [1.54, 1.807) is 0 Å². The molecule has 0 radical (unpaired) electrons. The van der Waals surface area contributed by atoms with Crippen molar-refractivity contribution in [3.8, 4) is 0 Å². The van der Waals surface area contributed by atoms with E-state index in [-0.39, 0.29) is 8.47 Å². The molecule has 0 bridgehead atoms. The fraction of sp³-hybridized carbons (Fsp3) is 0.0400. The van der Waals surface area contributed by atoms with Crippen molar-refractivity contribution >= 4 is 171 Å². The molecule has 64 heavy (non-hydrogen) atoms. The van der Waals surface area contributed by atoms with E-state index < -0.39 is 44.3 Å². The maximum absolute atomic E-state index is 8.91. The SMILES string of the molecule is S=P(c1ccccc1)(c1ccccc1)[CH](P(=S)(c1ccccc1)c1ccccc1)[Ge]1([Cl])[S][Ge]([Cl])([CH](P(=S)(c2ccccc2)c2ccccc2)P(=S)(c2ccccc2)c2ccccc2)[S]1. The molecule has 9 rings (SSSR count). The predicted octanol–water partition coefficient (Wildman–Crippen LogP) is 12.1. The standard InChI is InChI=1S/C50H42Cl2Ge2P4S6/c51-53(49(55(59,41-25-9-1-10-26-41)42-27-11-2-12-28-42)56(60,43-29-13-3-14-30-43)44-31-15-4-16-32-44)63-54(52,64-53)50(57(61,45-33-17-5-18-34-45)46-35-19-6-20-36-46)58(62,47-37-21-7-22-38-47)48-39-23-8-24-40-48/h1-40,49-50H. The van der Waals surface area contributed by atoms with Gasteiger partial charge in [-0.05, 0) is 0 Å². The second-order valence-electron chi connectivity index (χ2n) is 15.4. The zero-order valence-electron chi connectivity index (χ0n) is 34.2. The van der Waals surface area contributed by atoms with Crippen LogP contribution < -0.4 is 42.4 Å². The van der Waals surface area contributed by atoms with Crippen LogP contribution in [0.3, 0.4) is 0 Å². The van der Waals surface area contributed by atoms with Gasteiger partial charge in [0.05, 0.1) is 0 Å². The van der Waals surface area contributed by atoms with Gasteiger partial charge >= 0.3 is 422 Å². The molecule has 8 aromatic carbocycles. The molecule has 1 heterocycles. The quantitative estimate of drug-likeness (QED) is 0.0780. The summed E-state index contributed by atoms with van der Waals surface area (Å²) in [5, 5.41) is 9.02. The molecule has 1 aliphatic heterocycles. The molecule has 1 fully saturated rings. The van der Waals surface area contributed by atoms with Crippen molar-refractivity contribution in [2.45, 2.75) is 8.47 Å². The van der Waals surface area contributed by atoms with Gasteiger partial charge in [-0.1, -0.05) is 0 Å². The molecule has 1 saturated heterocycles. The normalized spacial score (nSPS) is 18.1. The predicted molar refractivity (Wildman–Crippen MR) is 312 cm³/mol. The minimum absolute atomic E-state index is 0.230. The van der Waals surface area contributed by atoms with E-state index in [0.717, 1.165) is 42.4 Å². The van der Waals surface area contributed by atoms with Gasteiger partial charge in [0, 0.05) is 0 Å². The molecule has 14 heteroatoms. The number of hydrogen-bond acceptors (Lipinski definition) is 6. The molecule has 0 atom stereocenters. The molecule has 8 aromatic rings. The molecule has 0 amide bonds. The van der Waals surface area contributed by atoms with Crippen LogP contribution in [-0.2, 0) is 47.2 Å². The Bertz CT molecular complexity index is 2480. The Kier molecular flexibility index (Phi) is 14.9. The zero-order valence-corrected chi connectivity index (χ0v) is 48.4. The summed E-state index contributed by atoms with van der Waals surface area (Å²) in [5.41, 5.74) is 0. The van der Waals surface area contributed by atoms with E-state index >= 15 is 0 Å². The van der Waals surface area contributed by atoms with Crippen LogP contribution in [0.25, 0.3) is 0 Å². The van der Waals surface area contributed by atoms with Gasteiger partial charge < -0.3 is 0 Å². The van der Waals surface area contributed by atoms with Gasteiger partial charge in [-0.3, -0.25) is 0 Å². The third-order valence-electron chi connectivity index (χ3n) is 11.7. The first-order valence-electron chi connectivity index (χ1n) is 20.6. The topological polar surface area (TPSA) is 0 Å². The maximum atomic E-state index is 8.91. The van der Waals surface area contributed by atoms with E-state index in [4.69, 9.17) is 67.2 Å². The second kappa shape index (κ2) is 20.0. The van der Waals surface area contributed by atoms with Gasteiger partial charge in [-0.15, -0.1) is 0 Å². The molecule has 0 N–H and O–H groups in total. The second-order valence-corrected chi connectivity index (χ2v) is 89.3. The Morgan fingerprint density at radius 3 is 0.516 bits per heavy atom. The van der Waals surface area contributed by atoms with Gasteiger partial charge in [0.2, 0.25) is 0 Å². The van der Waals surface area contributed by atoms with E-state index in [9.17, 15) is 0 Å². The average molecular weight is 1180 g/mol. The van der Waals surface area contributed by atoms with E-state index in [0.29, 0.717) is 0 Å². The minimum atomic E-state index is -4.08. The van der Waals surface area contributed by atoms with E-state index in [1.807, 2.05) is 16.8 Å². The number of benzene rings is 8. The number of hydrogen-bond donors (Lipinski definition) is 0. The summed E-state index contributed by atoms with van der Waals surface area (Å²) in [4.78, 5) is 0. The summed E-state index contributed by atoms with van der Waals surface area (Å²) in [6.45, 7) is 0. The molecular weight excluding hydrogens is 1130 g/mol. The third kappa shape index (κ3) is 8.60. The summed E-state index contributed by atoms with van der Waals surface area (Å²) in [5.74, 6) is 0. The number of halogens is 2. The fourth-order valence-corrected chi connectivity index (χ4v) is 282. The van der Waals surface area contributed by atoms with Gasteiger partial charge in [-0.25, -0.2) is 0 Å². The van der Waals surface area contributed by atoms with Gasteiger partial charge in [0.15, 0.2) is 0 Å². The van der Waals surface area contributed by atoms with Crippen LogP contribution in [0.15, 0.2) is 243 Å². The van der Waals surface area contributed by atoms with Crippen molar-refractivity contribution in [2.75, 3.05) is 0 Å². The van der Waals surface area contributed by atoms with Crippen LogP contribution in [0.5, 0.6) is 0 Å². The van der Waals surface area contributed by atoms with Crippen molar-refractivity contribution < 1.29 is 0 Å². The Hall–Kier alpha value is -1.27. The summed E-state index contributed by atoms with van der Waals surface area (Å²) in [6.07, 6.45) is 0. The first-order chi connectivity index (χ1) is 31.0. The van der Waals surface area contributed by atoms with Crippen LogP contribution in [0.4, 0.5) is 0 Å². The molecule has 0 aromatic heterocycles. The van der Waals surface area contributed by atoms with Crippen molar-refractivity contribution in [1.82, 2.24) is 0 Å². The third-order valence-corrected chi connectivity index (χ3v) is 176. The molecule has 0 unspecified atom stereocenters. The van der Waals surface area contributed by atoms with Crippen LogP contribution >= 0.6 is 61.0 Å². The van der Waals surface area contributed by atoms with Crippen LogP contribution in [0, 0.1) is 0 Å². The Balaban J connectivity index is 1.36. The summed E-state index contributed by atoms with van der Waals surface area (Å²) < 4.78 is -0.459. The molecular formula is C50H42Cl2Ge2P4S6. The Morgan fingerprint density at radius 1 is 0.266 bits per heavy atom. The van der Waals surface area contributed by atoms with Gasteiger partial charge in [0.25, 0.3) is 0 Å². The zero-order chi connectivity index (χ0) is 44.5. The molecule has 0 saturated carbocycles. The molecule has 0 nitrogen and oxygen atoms in total. The van der Waals surface area contributed by atoms with Crippen molar-refractivity contribution in [3.63, 3.8) is 0 Å². The van der Waals surface area contributed by atoms with Crippen LogP contribution in [-0.4, -0.2) is 28.6 Å². The molecule has 320 valence electrons. The molecule has 0 aliphatic carbocycles. The van der Waals surface area contributed by atoms with Crippen molar-refractivity contribution in [2.24, 2.45) is 0 Å². The molecule has 1 aliphatic rings. The van der Waals surface area contributed by atoms with E-state index in [2.05, 4.69) is 243 Å². The number of rotatable bonds is 14. The monoisotopic (exact) mass is 1180 g/mol. The van der Waals surface area contributed by atoms with Crippen molar-refractivity contribution in [1.29, 1.82) is 0 Å². The van der Waals surface area contributed by atoms with Gasteiger partial charge in [0.1, 0.15) is 0 Å². The summed E-state index contributed by atoms with van der Waals surface area (Å²) in [7, 11) is 13.6. The van der Waals surface area contributed by atoms with Crippen molar-refractivity contribution in [3.05, 3.63) is 243 Å². The average Bonchev–Trinajstić information content (AvgIpc) is 3.35. The van der Waals surface area contributed by atoms with Crippen LogP contribution in [0.2, 0.25) is 0 Å². The van der Waals surface area contributed by atoms with E-state index in [1.165, 1.54) is 0 Å². The van der Waals surface area contributed by atoms with Crippen LogP contribution in [0.1, 0.15) is 0 Å². The summed E-state index contributed by atoms with van der Waals surface area (Å²) in [6, 6.07) is 74.6. The first kappa shape index (κ1) is 47.8. The first-order valence-corrected chi connectivity index (χ1v) is 51.9. The fourth-order valence-electron chi connectivity index (χ4n) is 8.85. The Morgan fingerprint density at radius 2 is 0.391 bits per heavy atom.